The Morgan fingerprint density at radius 1 is 0.838 bits per heavy atom. The van der Waals surface area contributed by atoms with E-state index in [1.165, 1.54) is 0 Å². The first kappa shape index (κ1) is 27.6. The lowest BCUT2D eigenvalue weighted by Gasteiger charge is -2.45. The van der Waals surface area contributed by atoms with Crippen LogP contribution in [0.15, 0.2) is 48.5 Å². The van der Waals surface area contributed by atoms with Crippen molar-refractivity contribution in [1.82, 2.24) is 9.80 Å². The van der Waals surface area contributed by atoms with E-state index >= 15 is 0 Å². The van der Waals surface area contributed by atoms with Gasteiger partial charge in [0.15, 0.2) is 5.78 Å². The Balaban J connectivity index is 1.64. The van der Waals surface area contributed by atoms with Gasteiger partial charge in [-0.1, -0.05) is 61.3 Å². The lowest BCUT2D eigenvalue weighted by atomic mass is 9.57. The van der Waals surface area contributed by atoms with Gasteiger partial charge in [0.25, 0.3) is 0 Å². The second-order valence-electron chi connectivity index (χ2n) is 10.1. The third-order valence-corrected chi connectivity index (χ3v) is 8.41. The molecular formula is C29H34Cl2N2O4. The molecule has 1 aliphatic carbocycles. The summed E-state index contributed by atoms with van der Waals surface area (Å²) >= 11 is 12.3. The van der Waals surface area contributed by atoms with Crippen molar-refractivity contribution in [3.05, 3.63) is 69.7 Å². The number of benzene rings is 2. The summed E-state index contributed by atoms with van der Waals surface area (Å²) in [5.41, 5.74) is 1.89. The maximum Gasteiger partial charge on any atom is 0.409 e. The van der Waals surface area contributed by atoms with Crippen molar-refractivity contribution < 1.29 is 19.1 Å². The van der Waals surface area contributed by atoms with E-state index in [0.29, 0.717) is 42.8 Å². The third kappa shape index (κ3) is 6.02. The van der Waals surface area contributed by atoms with E-state index in [1.807, 2.05) is 62.4 Å². The number of hydrogen-bond acceptors (Lipinski definition) is 5. The second kappa shape index (κ2) is 12.0. The van der Waals surface area contributed by atoms with Crippen LogP contribution >= 0.6 is 23.2 Å². The van der Waals surface area contributed by atoms with Crippen LogP contribution in [0.5, 0.6) is 0 Å². The van der Waals surface area contributed by atoms with E-state index in [4.69, 9.17) is 27.9 Å². The number of ether oxygens (including phenoxy) is 1. The summed E-state index contributed by atoms with van der Waals surface area (Å²) in [6.45, 7) is 8.50. The molecule has 0 bridgehead atoms. The van der Waals surface area contributed by atoms with E-state index in [1.54, 1.807) is 11.8 Å². The summed E-state index contributed by atoms with van der Waals surface area (Å²) in [7, 11) is 0. The van der Waals surface area contributed by atoms with Gasteiger partial charge in [0.2, 0.25) is 0 Å². The van der Waals surface area contributed by atoms with Crippen molar-refractivity contribution in [3.63, 3.8) is 0 Å². The van der Waals surface area contributed by atoms with Crippen LogP contribution in [0.3, 0.4) is 0 Å². The first-order valence-corrected chi connectivity index (χ1v) is 13.7. The number of rotatable bonds is 6. The zero-order chi connectivity index (χ0) is 26.7. The van der Waals surface area contributed by atoms with Crippen molar-refractivity contribution in [3.8, 4) is 0 Å². The number of amides is 1. The van der Waals surface area contributed by atoms with Gasteiger partial charge in [0.1, 0.15) is 5.78 Å². The van der Waals surface area contributed by atoms with Gasteiger partial charge in [-0.3, -0.25) is 14.5 Å². The molecule has 0 aromatic heterocycles. The molecule has 4 unspecified atom stereocenters. The van der Waals surface area contributed by atoms with Gasteiger partial charge in [-0.25, -0.2) is 4.79 Å². The van der Waals surface area contributed by atoms with Crippen LogP contribution in [0.4, 0.5) is 4.79 Å². The lowest BCUT2D eigenvalue weighted by Crippen LogP contribution is -2.52. The number of piperazine rings is 1. The summed E-state index contributed by atoms with van der Waals surface area (Å²) in [6.07, 6.45) is -0.312. The Bertz CT molecular complexity index is 1050. The molecule has 1 heterocycles. The van der Waals surface area contributed by atoms with Crippen molar-refractivity contribution >= 4 is 40.9 Å². The molecule has 2 aromatic carbocycles. The van der Waals surface area contributed by atoms with Gasteiger partial charge in [-0.2, -0.15) is 0 Å². The maximum absolute atomic E-state index is 14.2. The molecule has 2 aromatic rings. The summed E-state index contributed by atoms with van der Waals surface area (Å²) in [6, 6.07) is 15.0. The molecule has 1 saturated heterocycles. The quantitative estimate of drug-likeness (QED) is 0.468. The fourth-order valence-corrected chi connectivity index (χ4v) is 6.26. The molecule has 0 radical (unpaired) electrons. The Hall–Kier alpha value is -2.41. The molecular weight excluding hydrogens is 511 g/mol. The van der Waals surface area contributed by atoms with E-state index in [-0.39, 0.29) is 47.9 Å². The van der Waals surface area contributed by atoms with Crippen molar-refractivity contribution in [1.29, 1.82) is 0 Å². The zero-order valence-corrected chi connectivity index (χ0v) is 23.0. The minimum Gasteiger partial charge on any atom is -0.450 e. The highest BCUT2D eigenvalue weighted by Gasteiger charge is 2.50. The first-order chi connectivity index (χ1) is 17.7. The highest BCUT2D eigenvalue weighted by Crippen LogP contribution is 2.50. The average Bonchev–Trinajstić information content (AvgIpc) is 2.89. The van der Waals surface area contributed by atoms with Gasteiger partial charge >= 0.3 is 6.09 Å². The number of nitrogens with zero attached hydrogens (tertiary/aromatic N) is 2. The highest BCUT2D eigenvalue weighted by molar-refractivity contribution is 6.30. The van der Waals surface area contributed by atoms with Crippen molar-refractivity contribution in [2.75, 3.05) is 39.3 Å². The summed E-state index contributed by atoms with van der Waals surface area (Å²) in [5.74, 6) is -1.29. The van der Waals surface area contributed by atoms with Crippen LogP contribution in [0.2, 0.25) is 10.0 Å². The normalized spacial score (nSPS) is 26.7. The van der Waals surface area contributed by atoms with Gasteiger partial charge < -0.3 is 9.64 Å². The molecule has 4 rings (SSSR count). The number of Topliss-reactive ketones (excluding diaryl/α,β-unsaturated/α-hetero) is 2. The van der Waals surface area contributed by atoms with Crippen LogP contribution in [-0.2, 0) is 14.3 Å². The zero-order valence-electron chi connectivity index (χ0n) is 21.5. The minimum atomic E-state index is -0.395. The van der Waals surface area contributed by atoms with Gasteiger partial charge in [-0.05, 0) is 42.3 Å². The first-order valence-electron chi connectivity index (χ1n) is 12.9. The van der Waals surface area contributed by atoms with Crippen LogP contribution in [0, 0.1) is 17.8 Å². The number of carbonyl (C=O) groups is 3. The molecule has 1 saturated carbocycles. The lowest BCUT2D eigenvalue weighted by molar-refractivity contribution is -0.137. The Morgan fingerprint density at radius 3 is 1.73 bits per heavy atom. The number of ketones is 2. The van der Waals surface area contributed by atoms with Crippen molar-refractivity contribution in [2.45, 2.75) is 32.6 Å². The number of hydrogen-bond donors (Lipinski definition) is 0. The van der Waals surface area contributed by atoms with Gasteiger partial charge in [0, 0.05) is 65.8 Å². The van der Waals surface area contributed by atoms with Crippen LogP contribution in [-0.4, -0.2) is 66.8 Å². The van der Waals surface area contributed by atoms with Gasteiger partial charge in [-0.15, -0.1) is 0 Å². The molecule has 198 valence electrons. The SMILES string of the molecule is CCOC(=O)N1CCN(CC(=O)C2C(c3ccc(Cl)cc3)C(C)C(=O)C(C)C2c2ccc(Cl)cc2)CC1. The van der Waals surface area contributed by atoms with Crippen LogP contribution in [0.1, 0.15) is 43.7 Å². The molecule has 6 nitrogen and oxygen atoms in total. The third-order valence-electron chi connectivity index (χ3n) is 7.91. The molecule has 37 heavy (non-hydrogen) atoms. The van der Waals surface area contributed by atoms with Gasteiger partial charge in [0.05, 0.1) is 13.2 Å². The molecule has 2 aliphatic rings. The topological polar surface area (TPSA) is 66.9 Å². The molecule has 0 N–H and O–H groups in total. The largest absolute Gasteiger partial charge is 0.450 e. The Labute approximate surface area is 228 Å². The molecule has 8 heteroatoms. The summed E-state index contributed by atoms with van der Waals surface area (Å²) in [5, 5.41) is 1.23. The monoisotopic (exact) mass is 544 g/mol. The van der Waals surface area contributed by atoms with E-state index in [2.05, 4.69) is 4.90 Å². The van der Waals surface area contributed by atoms with Crippen LogP contribution < -0.4 is 0 Å². The summed E-state index contributed by atoms with van der Waals surface area (Å²) < 4.78 is 5.12. The molecule has 1 amide bonds. The number of halogens is 2. The molecule has 1 aliphatic heterocycles. The summed E-state index contributed by atoms with van der Waals surface area (Å²) in [4.78, 5) is 43.6. The Morgan fingerprint density at radius 2 is 1.30 bits per heavy atom. The smallest absolute Gasteiger partial charge is 0.409 e. The predicted molar refractivity (Wildman–Crippen MR) is 145 cm³/mol. The fraction of sp³-hybridized carbons (Fsp3) is 0.483. The second-order valence-corrected chi connectivity index (χ2v) is 11.0. The van der Waals surface area contributed by atoms with E-state index in [9.17, 15) is 14.4 Å². The minimum absolute atomic E-state index is 0.107. The number of carbonyl (C=O) groups excluding carboxylic acids is 3. The highest BCUT2D eigenvalue weighted by atomic mass is 35.5. The van der Waals surface area contributed by atoms with E-state index < -0.39 is 5.92 Å². The molecule has 0 spiro atoms. The Kier molecular flexibility index (Phi) is 8.94. The van der Waals surface area contributed by atoms with Crippen molar-refractivity contribution in [2.24, 2.45) is 17.8 Å². The van der Waals surface area contributed by atoms with E-state index in [0.717, 1.165) is 11.1 Å². The molecule has 2 fully saturated rings. The molecule has 4 atom stereocenters. The maximum atomic E-state index is 14.2. The van der Waals surface area contributed by atoms with Crippen LogP contribution in [0.25, 0.3) is 0 Å². The average molecular weight is 546 g/mol. The predicted octanol–water partition coefficient (Wildman–Crippen LogP) is 5.68. The standard InChI is InChI=1S/C29H34Cl2N2O4/c1-4-37-29(36)33-15-13-32(14-16-33)17-24(34)27-25(20-5-9-22(30)10-6-20)18(2)28(35)19(3)26(27)21-7-11-23(31)12-8-21/h5-12,18-19,25-27H,4,13-17H2,1-3H3. The fourth-order valence-electron chi connectivity index (χ4n) is 6.01.